The predicted molar refractivity (Wildman–Crippen MR) is 93.5 cm³/mol. The van der Waals surface area contributed by atoms with Crippen molar-refractivity contribution in [1.82, 2.24) is 4.31 Å². The number of methoxy groups -OCH3 is 2. The Kier molecular flexibility index (Phi) is 6.89. The van der Waals surface area contributed by atoms with Crippen LogP contribution in [0.15, 0.2) is 18.2 Å². The van der Waals surface area contributed by atoms with E-state index in [2.05, 4.69) is 20.8 Å². The van der Waals surface area contributed by atoms with Gasteiger partial charge in [-0.3, -0.25) is 0 Å². The number of hydrogen-bond donors (Lipinski definition) is 0. The summed E-state index contributed by atoms with van der Waals surface area (Å²) in [5.74, 6) is 1.47. The Hall–Kier alpha value is -1.27. The Balaban J connectivity index is 2.76. The van der Waals surface area contributed by atoms with Gasteiger partial charge in [-0.05, 0) is 36.0 Å². The quantitative estimate of drug-likeness (QED) is 0.727. The molecular weight excluding hydrogens is 314 g/mol. The van der Waals surface area contributed by atoms with Gasteiger partial charge in [0.1, 0.15) is 11.5 Å². The minimum atomic E-state index is -3.27. The molecule has 0 heterocycles. The molecule has 0 unspecified atom stereocenters. The predicted octanol–water partition coefficient (Wildman–Crippen LogP) is 3.29. The molecule has 0 aliphatic rings. The average Bonchev–Trinajstić information content (AvgIpc) is 2.45. The van der Waals surface area contributed by atoms with Gasteiger partial charge in [-0.1, -0.05) is 20.8 Å². The highest BCUT2D eigenvalue weighted by molar-refractivity contribution is 7.89. The van der Waals surface area contributed by atoms with Crippen LogP contribution in [-0.4, -0.2) is 39.7 Å². The number of ether oxygens (including phenoxy) is 2. The molecule has 6 heteroatoms. The highest BCUT2D eigenvalue weighted by Gasteiger charge is 2.20. The summed E-state index contributed by atoms with van der Waals surface area (Å²) < 4.78 is 36.6. The molecule has 1 aromatic carbocycles. The third-order valence-electron chi connectivity index (χ3n) is 3.62. The van der Waals surface area contributed by atoms with Gasteiger partial charge in [0.05, 0.1) is 20.0 Å². The van der Waals surface area contributed by atoms with Crippen molar-refractivity contribution in [2.24, 2.45) is 5.41 Å². The minimum absolute atomic E-state index is 0.147. The zero-order valence-corrected chi connectivity index (χ0v) is 15.9. The van der Waals surface area contributed by atoms with Crippen molar-refractivity contribution in [3.63, 3.8) is 0 Å². The molecule has 0 N–H and O–H groups in total. The van der Waals surface area contributed by atoms with Gasteiger partial charge in [-0.2, -0.15) is 0 Å². The van der Waals surface area contributed by atoms with Gasteiger partial charge in [0.25, 0.3) is 0 Å². The molecule has 0 atom stereocenters. The monoisotopic (exact) mass is 343 g/mol. The average molecular weight is 343 g/mol. The fourth-order valence-electron chi connectivity index (χ4n) is 2.25. The maximum atomic E-state index is 12.4. The molecule has 0 spiro atoms. The van der Waals surface area contributed by atoms with Crippen LogP contribution >= 0.6 is 0 Å². The first-order chi connectivity index (χ1) is 10.6. The second-order valence-corrected chi connectivity index (χ2v) is 9.15. The van der Waals surface area contributed by atoms with Gasteiger partial charge in [0.15, 0.2) is 0 Å². The van der Waals surface area contributed by atoms with E-state index in [1.54, 1.807) is 27.3 Å². The second-order valence-electron chi connectivity index (χ2n) is 6.96. The summed E-state index contributed by atoms with van der Waals surface area (Å²) >= 11 is 0. The van der Waals surface area contributed by atoms with Crippen LogP contribution in [0.3, 0.4) is 0 Å². The number of nitrogens with zero attached hydrogens (tertiary/aromatic N) is 1. The lowest BCUT2D eigenvalue weighted by molar-refractivity contribution is 0.370. The number of benzene rings is 1. The van der Waals surface area contributed by atoms with Crippen LogP contribution in [0.2, 0.25) is 0 Å². The van der Waals surface area contributed by atoms with Crippen LogP contribution in [0.4, 0.5) is 0 Å². The molecule has 23 heavy (non-hydrogen) atoms. The van der Waals surface area contributed by atoms with E-state index in [-0.39, 0.29) is 11.2 Å². The molecule has 1 aromatic rings. The largest absolute Gasteiger partial charge is 0.497 e. The van der Waals surface area contributed by atoms with Crippen LogP contribution in [0, 0.1) is 5.41 Å². The molecule has 0 aliphatic carbocycles. The second kappa shape index (κ2) is 8.02. The fraction of sp³-hybridized carbons (Fsp3) is 0.647. The van der Waals surface area contributed by atoms with Crippen LogP contribution < -0.4 is 9.47 Å². The summed E-state index contributed by atoms with van der Waals surface area (Å²) in [4.78, 5) is 0. The van der Waals surface area contributed by atoms with E-state index in [1.165, 1.54) is 4.31 Å². The standard InChI is InChI=1S/C17H29NO4S/c1-17(2,3)8-7-9-23(19,20)18(4)13-14-10-15(21-5)12-16(11-14)22-6/h10-12H,7-9,13H2,1-6H3. The first kappa shape index (κ1) is 19.8. The highest BCUT2D eigenvalue weighted by Crippen LogP contribution is 2.24. The van der Waals surface area contributed by atoms with E-state index in [0.29, 0.717) is 24.5 Å². The Bertz CT molecular complexity index is 583. The van der Waals surface area contributed by atoms with Crippen LogP contribution in [0.5, 0.6) is 11.5 Å². The van der Waals surface area contributed by atoms with Crippen LogP contribution in [-0.2, 0) is 16.6 Å². The lowest BCUT2D eigenvalue weighted by Crippen LogP contribution is -2.29. The van der Waals surface area contributed by atoms with Crippen molar-refractivity contribution in [2.45, 2.75) is 40.2 Å². The third kappa shape index (κ3) is 6.79. The number of sulfonamides is 1. The van der Waals surface area contributed by atoms with Crippen molar-refractivity contribution < 1.29 is 17.9 Å². The SMILES string of the molecule is COc1cc(CN(C)S(=O)(=O)CCCC(C)(C)C)cc(OC)c1. The van der Waals surface area contributed by atoms with E-state index in [4.69, 9.17) is 9.47 Å². The summed E-state index contributed by atoms with van der Waals surface area (Å²) in [5.41, 5.74) is 0.983. The van der Waals surface area contributed by atoms with Crippen LogP contribution in [0.1, 0.15) is 39.2 Å². The van der Waals surface area contributed by atoms with Crippen molar-refractivity contribution >= 4 is 10.0 Å². The topological polar surface area (TPSA) is 55.8 Å². The molecule has 1 rings (SSSR count). The Labute approximate surface area is 140 Å². The number of rotatable bonds is 8. The molecular formula is C17H29NO4S. The molecule has 0 aliphatic heterocycles. The van der Waals surface area contributed by atoms with Crippen LogP contribution in [0.25, 0.3) is 0 Å². The summed E-state index contributed by atoms with van der Waals surface area (Å²) in [5, 5.41) is 0. The van der Waals surface area contributed by atoms with Gasteiger partial charge in [-0.15, -0.1) is 0 Å². The van der Waals surface area contributed by atoms with Crippen molar-refractivity contribution in [1.29, 1.82) is 0 Å². The molecule has 132 valence electrons. The van der Waals surface area contributed by atoms with Gasteiger partial charge in [-0.25, -0.2) is 12.7 Å². The fourth-order valence-corrected chi connectivity index (χ4v) is 3.42. The Morgan fingerprint density at radius 2 is 1.57 bits per heavy atom. The van der Waals surface area contributed by atoms with E-state index < -0.39 is 10.0 Å². The van der Waals surface area contributed by atoms with Crippen molar-refractivity contribution in [3.8, 4) is 11.5 Å². The zero-order valence-electron chi connectivity index (χ0n) is 15.0. The van der Waals surface area contributed by atoms with E-state index in [0.717, 1.165) is 12.0 Å². The van der Waals surface area contributed by atoms with Gasteiger partial charge >= 0.3 is 0 Å². The maximum Gasteiger partial charge on any atom is 0.214 e. The van der Waals surface area contributed by atoms with Crippen molar-refractivity contribution in [2.75, 3.05) is 27.0 Å². The summed E-state index contributed by atoms with van der Waals surface area (Å²) in [6, 6.07) is 5.41. The number of hydrogen-bond acceptors (Lipinski definition) is 4. The van der Waals surface area contributed by atoms with E-state index in [9.17, 15) is 8.42 Å². The van der Waals surface area contributed by atoms with Gasteiger partial charge in [0, 0.05) is 19.7 Å². The lowest BCUT2D eigenvalue weighted by Gasteiger charge is -2.21. The molecule has 0 aromatic heterocycles. The van der Waals surface area contributed by atoms with E-state index in [1.807, 2.05) is 12.1 Å². The first-order valence-corrected chi connectivity index (χ1v) is 9.34. The molecule has 0 saturated carbocycles. The summed E-state index contributed by atoms with van der Waals surface area (Å²) in [7, 11) is 1.49. The van der Waals surface area contributed by atoms with E-state index >= 15 is 0 Å². The zero-order chi connectivity index (χ0) is 17.7. The first-order valence-electron chi connectivity index (χ1n) is 7.73. The van der Waals surface area contributed by atoms with Gasteiger partial charge in [0.2, 0.25) is 10.0 Å². The molecule has 0 radical (unpaired) electrons. The Morgan fingerprint density at radius 3 is 2.00 bits per heavy atom. The highest BCUT2D eigenvalue weighted by atomic mass is 32.2. The molecule has 0 bridgehead atoms. The molecule has 0 amide bonds. The molecule has 5 nitrogen and oxygen atoms in total. The molecule has 0 fully saturated rings. The summed E-state index contributed by atoms with van der Waals surface area (Å²) in [6.45, 7) is 6.65. The van der Waals surface area contributed by atoms with Crippen molar-refractivity contribution in [3.05, 3.63) is 23.8 Å². The molecule has 0 saturated heterocycles. The Morgan fingerprint density at radius 1 is 1.04 bits per heavy atom. The maximum absolute atomic E-state index is 12.4. The van der Waals surface area contributed by atoms with Gasteiger partial charge < -0.3 is 9.47 Å². The summed E-state index contributed by atoms with van der Waals surface area (Å²) in [6.07, 6.45) is 1.55. The normalized spacial score (nSPS) is 12.5. The third-order valence-corrected chi connectivity index (χ3v) is 5.50. The lowest BCUT2D eigenvalue weighted by atomic mass is 9.91. The minimum Gasteiger partial charge on any atom is -0.497 e. The smallest absolute Gasteiger partial charge is 0.214 e.